The number of aromatic nitrogens is 1. The molecule has 1 aromatic heterocycles. The minimum absolute atomic E-state index is 0.00157. The quantitative estimate of drug-likeness (QED) is 0.777. The average molecular weight is 316 g/mol. The summed E-state index contributed by atoms with van der Waals surface area (Å²) in [4.78, 5) is 16.5. The molecule has 3 rings (SSSR count). The highest BCUT2D eigenvalue weighted by atomic mass is 16.1. The van der Waals surface area contributed by atoms with E-state index in [0.29, 0.717) is 6.42 Å². The molecule has 0 aliphatic rings. The molecule has 2 aromatic carbocycles. The summed E-state index contributed by atoms with van der Waals surface area (Å²) in [6, 6.07) is 21.8. The van der Waals surface area contributed by atoms with E-state index in [1.165, 1.54) is 0 Å². The van der Waals surface area contributed by atoms with Crippen LogP contribution >= 0.6 is 0 Å². The van der Waals surface area contributed by atoms with Gasteiger partial charge in [0, 0.05) is 12.4 Å². The lowest BCUT2D eigenvalue weighted by Gasteiger charge is -2.21. The van der Waals surface area contributed by atoms with Crippen LogP contribution in [0.2, 0.25) is 0 Å². The Kier molecular flexibility index (Phi) is 5.02. The van der Waals surface area contributed by atoms with Crippen molar-refractivity contribution >= 4 is 5.91 Å². The summed E-state index contributed by atoms with van der Waals surface area (Å²) < 4.78 is 0. The van der Waals surface area contributed by atoms with E-state index in [9.17, 15) is 4.79 Å². The van der Waals surface area contributed by atoms with E-state index < -0.39 is 0 Å². The van der Waals surface area contributed by atoms with E-state index in [4.69, 9.17) is 0 Å². The lowest BCUT2D eigenvalue weighted by atomic mass is 9.94. The van der Waals surface area contributed by atoms with Crippen molar-refractivity contribution in [3.05, 3.63) is 101 Å². The molecule has 0 aliphatic heterocycles. The van der Waals surface area contributed by atoms with Gasteiger partial charge in [0.25, 0.3) is 0 Å². The topological polar surface area (TPSA) is 42.0 Å². The zero-order valence-corrected chi connectivity index (χ0v) is 13.6. The number of nitrogens with one attached hydrogen (secondary N) is 1. The van der Waals surface area contributed by atoms with E-state index >= 15 is 0 Å². The van der Waals surface area contributed by atoms with Crippen LogP contribution in [0.25, 0.3) is 0 Å². The van der Waals surface area contributed by atoms with Gasteiger partial charge in [0.2, 0.25) is 5.91 Å². The monoisotopic (exact) mass is 316 g/mol. The minimum Gasteiger partial charge on any atom is -0.345 e. The molecule has 0 spiro atoms. The fourth-order valence-electron chi connectivity index (χ4n) is 2.79. The molecule has 0 unspecified atom stereocenters. The summed E-state index contributed by atoms with van der Waals surface area (Å²) in [6.45, 7) is 2.07. The number of carbonyl (C=O) groups is 1. The normalized spacial score (nSPS) is 11.7. The number of nitrogens with zero attached hydrogens (tertiary/aromatic N) is 1. The predicted octanol–water partition coefficient (Wildman–Crippen LogP) is 3.84. The molecule has 0 radical (unpaired) electrons. The summed E-state index contributed by atoms with van der Waals surface area (Å²) in [5, 5.41) is 3.18. The molecule has 24 heavy (non-hydrogen) atoms. The van der Waals surface area contributed by atoms with Crippen molar-refractivity contribution in [3.63, 3.8) is 0 Å². The summed E-state index contributed by atoms with van der Waals surface area (Å²) >= 11 is 0. The molecule has 1 heterocycles. The lowest BCUT2D eigenvalue weighted by Crippen LogP contribution is -2.31. The second kappa shape index (κ2) is 7.55. The molecule has 1 amide bonds. The first-order valence-electron chi connectivity index (χ1n) is 8.03. The Balaban J connectivity index is 1.86. The highest BCUT2D eigenvalue weighted by molar-refractivity contribution is 5.79. The van der Waals surface area contributed by atoms with Gasteiger partial charge in [0.1, 0.15) is 0 Å². The Morgan fingerprint density at radius 2 is 1.62 bits per heavy atom. The predicted molar refractivity (Wildman–Crippen MR) is 95.5 cm³/mol. The van der Waals surface area contributed by atoms with Crippen LogP contribution in [-0.4, -0.2) is 10.9 Å². The smallest absolute Gasteiger partial charge is 0.225 e. The first-order valence-corrected chi connectivity index (χ1v) is 8.03. The maximum atomic E-state index is 12.5. The van der Waals surface area contributed by atoms with Gasteiger partial charge in [-0.15, -0.1) is 0 Å². The molecule has 0 fully saturated rings. The van der Waals surface area contributed by atoms with Gasteiger partial charge < -0.3 is 5.32 Å². The van der Waals surface area contributed by atoms with Gasteiger partial charge in [0.05, 0.1) is 12.5 Å². The fraction of sp³-hybridized carbons (Fsp3) is 0.143. The molecule has 0 aliphatic carbocycles. The number of aryl methyl sites for hydroxylation is 1. The molecule has 0 bridgehead atoms. The van der Waals surface area contributed by atoms with Gasteiger partial charge in [-0.3, -0.25) is 9.78 Å². The highest BCUT2D eigenvalue weighted by Gasteiger charge is 2.18. The summed E-state index contributed by atoms with van der Waals surface area (Å²) in [6.07, 6.45) is 3.76. The third-order valence-electron chi connectivity index (χ3n) is 4.05. The standard InChI is InChI=1S/C21H20N2O/c1-16-7-5-6-10-19(16)21(18-8-3-2-4-9-18)23-20(24)15-17-11-13-22-14-12-17/h2-14,21H,15H2,1H3,(H,23,24)/t21-/m1/s1. The number of hydrogen-bond acceptors (Lipinski definition) is 2. The van der Waals surface area contributed by atoms with Gasteiger partial charge >= 0.3 is 0 Å². The van der Waals surface area contributed by atoms with Crippen LogP contribution in [0.5, 0.6) is 0 Å². The number of benzene rings is 2. The van der Waals surface area contributed by atoms with Gasteiger partial charge in [-0.25, -0.2) is 0 Å². The second-order valence-corrected chi connectivity index (χ2v) is 5.80. The van der Waals surface area contributed by atoms with E-state index in [2.05, 4.69) is 29.4 Å². The third-order valence-corrected chi connectivity index (χ3v) is 4.05. The zero-order valence-electron chi connectivity index (χ0n) is 13.6. The molecule has 3 aromatic rings. The first-order chi connectivity index (χ1) is 11.7. The SMILES string of the molecule is Cc1ccccc1[C@H](NC(=O)Cc1ccncc1)c1ccccc1. The van der Waals surface area contributed by atoms with Crippen molar-refractivity contribution in [2.24, 2.45) is 0 Å². The summed E-state index contributed by atoms with van der Waals surface area (Å²) in [5.74, 6) is -0.00157. The van der Waals surface area contributed by atoms with Crippen LogP contribution < -0.4 is 5.32 Å². The number of amides is 1. The maximum absolute atomic E-state index is 12.5. The molecule has 0 saturated carbocycles. The molecule has 1 atom stereocenters. The molecular weight excluding hydrogens is 296 g/mol. The third kappa shape index (κ3) is 3.87. The van der Waals surface area contributed by atoms with E-state index in [0.717, 1.165) is 22.3 Å². The average Bonchev–Trinajstić information content (AvgIpc) is 2.62. The van der Waals surface area contributed by atoms with Crippen LogP contribution in [0.1, 0.15) is 28.3 Å². The Morgan fingerprint density at radius 3 is 2.33 bits per heavy atom. The summed E-state index contributed by atoms with van der Waals surface area (Å²) in [5.41, 5.74) is 4.32. The minimum atomic E-state index is -0.151. The van der Waals surface area contributed by atoms with Crippen molar-refractivity contribution in [2.75, 3.05) is 0 Å². The van der Waals surface area contributed by atoms with E-state index in [1.807, 2.05) is 54.6 Å². The second-order valence-electron chi connectivity index (χ2n) is 5.80. The fourth-order valence-corrected chi connectivity index (χ4v) is 2.79. The molecule has 0 saturated heterocycles. The zero-order chi connectivity index (χ0) is 16.8. The molecule has 3 heteroatoms. The highest BCUT2D eigenvalue weighted by Crippen LogP contribution is 2.24. The molecule has 3 nitrogen and oxygen atoms in total. The van der Waals surface area contributed by atoms with Crippen LogP contribution in [0.4, 0.5) is 0 Å². The Morgan fingerprint density at radius 1 is 0.958 bits per heavy atom. The van der Waals surface area contributed by atoms with Crippen molar-refractivity contribution < 1.29 is 4.79 Å². The Hall–Kier alpha value is -2.94. The van der Waals surface area contributed by atoms with Gasteiger partial charge in [-0.1, -0.05) is 54.6 Å². The summed E-state index contributed by atoms with van der Waals surface area (Å²) in [7, 11) is 0. The van der Waals surface area contributed by atoms with Gasteiger partial charge in [-0.2, -0.15) is 0 Å². The molecule has 1 N–H and O–H groups in total. The number of pyridine rings is 1. The van der Waals surface area contributed by atoms with Crippen molar-refractivity contribution in [1.29, 1.82) is 0 Å². The first kappa shape index (κ1) is 15.9. The van der Waals surface area contributed by atoms with Gasteiger partial charge in [-0.05, 0) is 41.3 Å². The molecule has 120 valence electrons. The number of hydrogen-bond donors (Lipinski definition) is 1. The van der Waals surface area contributed by atoms with E-state index in [-0.39, 0.29) is 11.9 Å². The molecular formula is C21H20N2O. The number of rotatable bonds is 5. The van der Waals surface area contributed by atoms with Crippen molar-refractivity contribution in [2.45, 2.75) is 19.4 Å². The largest absolute Gasteiger partial charge is 0.345 e. The van der Waals surface area contributed by atoms with Gasteiger partial charge in [0.15, 0.2) is 0 Å². The van der Waals surface area contributed by atoms with Crippen LogP contribution in [-0.2, 0) is 11.2 Å². The van der Waals surface area contributed by atoms with Crippen LogP contribution in [0, 0.1) is 6.92 Å². The Labute approximate surface area is 142 Å². The number of carbonyl (C=O) groups excluding carboxylic acids is 1. The maximum Gasteiger partial charge on any atom is 0.225 e. The van der Waals surface area contributed by atoms with Crippen LogP contribution in [0.15, 0.2) is 79.1 Å². The Bertz CT molecular complexity index is 800. The van der Waals surface area contributed by atoms with Crippen molar-refractivity contribution in [1.82, 2.24) is 10.3 Å². The lowest BCUT2D eigenvalue weighted by molar-refractivity contribution is -0.120. The van der Waals surface area contributed by atoms with Crippen molar-refractivity contribution in [3.8, 4) is 0 Å². The van der Waals surface area contributed by atoms with E-state index in [1.54, 1.807) is 12.4 Å². The van der Waals surface area contributed by atoms with Crippen LogP contribution in [0.3, 0.4) is 0 Å².